The third kappa shape index (κ3) is 11.2. The standard InChI is InChI=1S/C48H57O7P/c1-45(2,3)37-25-31(26-38(43(37)51)46(4,5)6)23-35(33-19-15-13-16-20-33)41(49)29-54-56(53)55-30-42(50)36(34-21-17-14-18-22-34)24-32-27-39(47(7,8)9)44(52)40(28-32)48(10,11)12/h13-28H,29-30H2,1-12H3,(H-,49,50,51,52)/p+1. The molecule has 0 aliphatic heterocycles. The summed E-state index contributed by atoms with van der Waals surface area (Å²) in [4.78, 5) is 27.6. The number of hydrogen-bond donors (Lipinski definition) is 2. The Morgan fingerprint density at radius 2 is 0.786 bits per heavy atom. The van der Waals surface area contributed by atoms with E-state index in [4.69, 9.17) is 9.05 Å². The lowest BCUT2D eigenvalue weighted by atomic mass is 9.78. The molecule has 8 heteroatoms. The van der Waals surface area contributed by atoms with E-state index >= 15 is 0 Å². The van der Waals surface area contributed by atoms with Gasteiger partial charge in [0.15, 0.2) is 24.8 Å². The van der Waals surface area contributed by atoms with Crippen molar-refractivity contribution < 1.29 is 33.4 Å². The molecule has 0 spiro atoms. The van der Waals surface area contributed by atoms with Crippen molar-refractivity contribution in [3.05, 3.63) is 129 Å². The van der Waals surface area contributed by atoms with Crippen molar-refractivity contribution in [3.8, 4) is 11.5 Å². The first kappa shape index (κ1) is 44.0. The minimum absolute atomic E-state index is 0.236. The van der Waals surface area contributed by atoms with Gasteiger partial charge in [0.25, 0.3) is 0 Å². The summed E-state index contributed by atoms with van der Waals surface area (Å²) in [6, 6.07) is 25.8. The monoisotopic (exact) mass is 777 g/mol. The highest BCUT2D eigenvalue weighted by Crippen LogP contribution is 2.42. The summed E-state index contributed by atoms with van der Waals surface area (Å²) in [5.41, 5.74) is 4.97. The first-order valence-electron chi connectivity index (χ1n) is 19.0. The molecule has 7 nitrogen and oxygen atoms in total. The van der Waals surface area contributed by atoms with Crippen molar-refractivity contribution in [3.63, 3.8) is 0 Å². The van der Waals surface area contributed by atoms with Crippen molar-refractivity contribution in [2.75, 3.05) is 13.2 Å². The molecule has 4 aromatic rings. The molecule has 296 valence electrons. The summed E-state index contributed by atoms with van der Waals surface area (Å²) in [6.07, 6.45) is 3.53. The fourth-order valence-electron chi connectivity index (χ4n) is 6.40. The summed E-state index contributed by atoms with van der Waals surface area (Å²) >= 11 is 0. The molecule has 0 aliphatic carbocycles. The molecule has 4 aromatic carbocycles. The Balaban J connectivity index is 1.61. The van der Waals surface area contributed by atoms with E-state index in [0.717, 1.165) is 33.4 Å². The van der Waals surface area contributed by atoms with Crippen molar-refractivity contribution >= 4 is 43.1 Å². The Kier molecular flexibility index (Phi) is 13.5. The molecular weight excluding hydrogens is 719 g/mol. The van der Waals surface area contributed by atoms with Crippen LogP contribution in [0.1, 0.15) is 128 Å². The Labute approximate surface area is 334 Å². The maximum Gasteiger partial charge on any atom is 0.698 e. The molecular formula is C48H58O7P+. The largest absolute Gasteiger partial charge is 0.698 e. The van der Waals surface area contributed by atoms with Crippen LogP contribution in [-0.4, -0.2) is 35.0 Å². The number of phenols is 2. The number of ketones is 2. The highest BCUT2D eigenvalue weighted by molar-refractivity contribution is 7.33. The van der Waals surface area contributed by atoms with Crippen molar-refractivity contribution in [1.82, 2.24) is 0 Å². The number of aromatic hydroxyl groups is 2. The van der Waals surface area contributed by atoms with Crippen LogP contribution in [0.5, 0.6) is 11.5 Å². The lowest BCUT2D eigenvalue weighted by Gasteiger charge is -2.28. The minimum Gasteiger partial charge on any atom is -0.507 e. The third-order valence-electron chi connectivity index (χ3n) is 9.49. The van der Waals surface area contributed by atoms with E-state index in [9.17, 15) is 24.4 Å². The van der Waals surface area contributed by atoms with Crippen LogP contribution in [0.4, 0.5) is 0 Å². The van der Waals surface area contributed by atoms with Crippen molar-refractivity contribution in [1.29, 1.82) is 0 Å². The lowest BCUT2D eigenvalue weighted by Crippen LogP contribution is -2.17. The molecule has 0 fully saturated rings. The molecule has 0 heterocycles. The maximum absolute atomic E-state index is 13.8. The SMILES string of the molecule is CC(C)(C)c1cc(/C=C(/C(=O)CO[P+](=O)OCC(=O)/C(=C/c2cc(C(C)(C)C)c(O)c(C(C)(C)C)c2)c2ccccc2)c2ccccc2)cc(C(C)(C)C)c1O. The van der Waals surface area contributed by atoms with Crippen LogP contribution in [-0.2, 0) is 44.9 Å². The van der Waals surface area contributed by atoms with Gasteiger partial charge in [-0.15, -0.1) is 9.05 Å². The average Bonchev–Trinajstić information content (AvgIpc) is 3.10. The van der Waals surface area contributed by atoms with E-state index in [1.54, 1.807) is 12.2 Å². The van der Waals surface area contributed by atoms with Crippen LogP contribution in [0.3, 0.4) is 0 Å². The molecule has 0 aromatic heterocycles. The minimum atomic E-state index is -2.85. The molecule has 0 bridgehead atoms. The Morgan fingerprint density at radius 3 is 1.04 bits per heavy atom. The number of Topliss-reactive ketones (excluding diaryl/α,β-unsaturated/α-hetero) is 2. The van der Waals surface area contributed by atoms with Gasteiger partial charge in [0, 0.05) is 38.0 Å². The fourth-order valence-corrected chi connectivity index (χ4v) is 6.92. The average molecular weight is 778 g/mol. The van der Waals surface area contributed by atoms with Gasteiger partial charge >= 0.3 is 8.25 Å². The van der Waals surface area contributed by atoms with Gasteiger partial charge < -0.3 is 10.2 Å². The van der Waals surface area contributed by atoms with Gasteiger partial charge in [-0.25, -0.2) is 0 Å². The van der Waals surface area contributed by atoms with Crippen LogP contribution in [0.15, 0.2) is 84.9 Å². The molecule has 0 amide bonds. The lowest BCUT2D eigenvalue weighted by molar-refractivity contribution is -0.116. The predicted octanol–water partition coefficient (Wildman–Crippen LogP) is 11.9. The number of benzene rings is 4. The second-order valence-electron chi connectivity index (χ2n) is 18.4. The van der Waals surface area contributed by atoms with Crippen LogP contribution in [0.2, 0.25) is 0 Å². The summed E-state index contributed by atoms with van der Waals surface area (Å²) < 4.78 is 24.0. The van der Waals surface area contributed by atoms with Gasteiger partial charge in [-0.1, -0.05) is 144 Å². The summed E-state index contributed by atoms with van der Waals surface area (Å²) in [7, 11) is -2.85. The number of carbonyl (C=O) groups excluding carboxylic acids is 2. The molecule has 0 saturated carbocycles. The third-order valence-corrected chi connectivity index (χ3v) is 10.2. The van der Waals surface area contributed by atoms with Crippen molar-refractivity contribution in [2.24, 2.45) is 0 Å². The van der Waals surface area contributed by atoms with Gasteiger partial charge in [0.2, 0.25) is 0 Å². The highest BCUT2D eigenvalue weighted by atomic mass is 31.1. The molecule has 2 N–H and O–H groups in total. The van der Waals surface area contributed by atoms with Crippen molar-refractivity contribution in [2.45, 2.75) is 105 Å². The second-order valence-corrected chi connectivity index (χ2v) is 19.4. The van der Waals surface area contributed by atoms with Crippen LogP contribution in [0.25, 0.3) is 23.3 Å². The van der Waals surface area contributed by atoms with E-state index in [2.05, 4.69) is 0 Å². The van der Waals surface area contributed by atoms with Gasteiger partial charge in [0.1, 0.15) is 11.5 Å². The van der Waals surface area contributed by atoms with Crippen LogP contribution >= 0.6 is 8.25 Å². The van der Waals surface area contributed by atoms with Crippen LogP contribution < -0.4 is 0 Å². The zero-order valence-corrected chi connectivity index (χ0v) is 35.9. The van der Waals surface area contributed by atoms with Crippen LogP contribution in [0, 0.1) is 0 Å². The highest BCUT2D eigenvalue weighted by Gasteiger charge is 2.30. The summed E-state index contributed by atoms with van der Waals surface area (Å²) in [6.45, 7) is 23.2. The molecule has 0 atom stereocenters. The van der Waals surface area contributed by atoms with Gasteiger partial charge in [-0.3, -0.25) is 9.59 Å². The molecule has 0 unspecified atom stereocenters. The number of hydrogen-bond acceptors (Lipinski definition) is 7. The van der Waals surface area contributed by atoms with Gasteiger partial charge in [0.05, 0.1) is 0 Å². The second kappa shape index (κ2) is 17.2. The van der Waals surface area contributed by atoms with E-state index in [1.807, 2.05) is 168 Å². The van der Waals surface area contributed by atoms with E-state index in [1.165, 1.54) is 0 Å². The molecule has 4 rings (SSSR count). The quantitative estimate of drug-likeness (QED) is 0.0837. The maximum atomic E-state index is 13.8. The smallest absolute Gasteiger partial charge is 0.507 e. The zero-order valence-electron chi connectivity index (χ0n) is 35.0. The predicted molar refractivity (Wildman–Crippen MR) is 229 cm³/mol. The van der Waals surface area contributed by atoms with E-state index in [-0.39, 0.29) is 33.2 Å². The van der Waals surface area contributed by atoms with E-state index < -0.39 is 33.0 Å². The first-order chi connectivity index (χ1) is 25.9. The normalized spacial score (nSPS) is 13.1. The summed E-state index contributed by atoms with van der Waals surface area (Å²) in [5, 5.41) is 22.5. The van der Waals surface area contributed by atoms with Gasteiger partial charge in [-0.05, 0) is 80.3 Å². The van der Waals surface area contributed by atoms with E-state index in [0.29, 0.717) is 22.3 Å². The molecule has 0 radical (unpaired) electrons. The Morgan fingerprint density at radius 1 is 0.518 bits per heavy atom. The number of carbonyl (C=O) groups is 2. The topological polar surface area (TPSA) is 110 Å². The molecule has 0 aliphatic rings. The Bertz CT molecular complexity index is 1910. The number of rotatable bonds is 12. The Hall–Kier alpha value is -4.68. The molecule has 0 saturated heterocycles. The molecule has 56 heavy (non-hydrogen) atoms. The zero-order chi connectivity index (χ0) is 41.8. The summed E-state index contributed by atoms with van der Waals surface area (Å²) in [5.74, 6) is -0.392. The number of phenolic OH excluding ortho intramolecular Hbond substituents is 2. The van der Waals surface area contributed by atoms with Gasteiger partial charge in [-0.2, -0.15) is 0 Å². The fraction of sp³-hybridized carbons (Fsp3) is 0.375. The first-order valence-corrected chi connectivity index (χ1v) is 20.1.